The molecule has 162 valence electrons. The molecule has 3 aromatic rings. The summed E-state index contributed by atoms with van der Waals surface area (Å²) in [6.45, 7) is 8.54. The summed E-state index contributed by atoms with van der Waals surface area (Å²) >= 11 is 0. The van der Waals surface area contributed by atoms with Gasteiger partial charge in [0.2, 0.25) is 0 Å². The van der Waals surface area contributed by atoms with Crippen molar-refractivity contribution in [1.82, 2.24) is 15.0 Å². The number of hydrogen-bond donors (Lipinski definition) is 0. The van der Waals surface area contributed by atoms with E-state index in [-0.39, 0.29) is 5.91 Å². The summed E-state index contributed by atoms with van der Waals surface area (Å²) in [5.74, 6) is 1.58. The lowest BCUT2D eigenvalue weighted by Gasteiger charge is -2.22. The number of hydrogen-bond acceptors (Lipinski definition) is 5. The van der Waals surface area contributed by atoms with Crippen LogP contribution in [0.2, 0.25) is 0 Å². The minimum Gasteiger partial charge on any atom is -0.489 e. The molecule has 0 aliphatic carbocycles. The van der Waals surface area contributed by atoms with E-state index >= 15 is 0 Å². The van der Waals surface area contributed by atoms with E-state index in [0.29, 0.717) is 12.2 Å². The Hall–Kier alpha value is -3.12. The highest BCUT2D eigenvalue weighted by molar-refractivity contribution is 5.94. The first kappa shape index (κ1) is 21.1. The van der Waals surface area contributed by atoms with Crippen molar-refractivity contribution >= 4 is 5.91 Å². The lowest BCUT2D eigenvalue weighted by atomic mass is 10.2. The number of rotatable bonds is 6. The molecule has 4 rings (SSSR count). The number of aromatic nitrogens is 1. The fourth-order valence-electron chi connectivity index (χ4n) is 3.91. The molecule has 0 radical (unpaired) electrons. The van der Waals surface area contributed by atoms with E-state index in [9.17, 15) is 4.79 Å². The Morgan fingerprint density at radius 3 is 2.48 bits per heavy atom. The lowest BCUT2D eigenvalue weighted by molar-refractivity contribution is 0.0761. The van der Waals surface area contributed by atoms with Crippen molar-refractivity contribution in [3.63, 3.8) is 0 Å². The van der Waals surface area contributed by atoms with Gasteiger partial charge in [-0.05, 0) is 50.1 Å². The maximum Gasteiger partial charge on any atom is 0.253 e. The highest BCUT2D eigenvalue weighted by atomic mass is 16.5. The van der Waals surface area contributed by atoms with Crippen LogP contribution in [0.15, 0.2) is 59.1 Å². The van der Waals surface area contributed by atoms with Crippen molar-refractivity contribution in [2.45, 2.75) is 33.4 Å². The second-order valence-corrected chi connectivity index (χ2v) is 8.02. The highest BCUT2D eigenvalue weighted by Crippen LogP contribution is 2.19. The van der Waals surface area contributed by atoms with Gasteiger partial charge in [0.15, 0.2) is 0 Å². The largest absolute Gasteiger partial charge is 0.489 e. The summed E-state index contributed by atoms with van der Waals surface area (Å²) in [6.07, 6.45) is 0.983. The molecule has 0 N–H and O–H groups in total. The number of benzene rings is 2. The Bertz CT molecular complexity index is 979. The Balaban J connectivity index is 1.31. The number of carbonyl (C=O) groups is 1. The molecule has 0 spiro atoms. The molecule has 2 heterocycles. The van der Waals surface area contributed by atoms with Gasteiger partial charge in [-0.1, -0.05) is 35.5 Å². The van der Waals surface area contributed by atoms with Crippen LogP contribution in [0.3, 0.4) is 0 Å². The van der Waals surface area contributed by atoms with Gasteiger partial charge in [-0.3, -0.25) is 9.69 Å². The van der Waals surface area contributed by atoms with Gasteiger partial charge >= 0.3 is 0 Å². The Labute approximate surface area is 183 Å². The third-order valence-corrected chi connectivity index (χ3v) is 5.79. The fourth-order valence-corrected chi connectivity index (χ4v) is 3.91. The smallest absolute Gasteiger partial charge is 0.253 e. The van der Waals surface area contributed by atoms with E-state index in [4.69, 9.17) is 9.26 Å². The number of amides is 1. The van der Waals surface area contributed by atoms with Crippen LogP contribution in [0.5, 0.6) is 5.75 Å². The molecule has 0 atom stereocenters. The molecule has 0 unspecified atom stereocenters. The molecule has 0 saturated carbocycles. The van der Waals surface area contributed by atoms with Gasteiger partial charge in [0.05, 0.1) is 11.3 Å². The maximum absolute atomic E-state index is 13.0. The minimum atomic E-state index is 0.0823. The lowest BCUT2D eigenvalue weighted by Crippen LogP contribution is -2.35. The molecule has 1 aliphatic heterocycles. The molecule has 0 bridgehead atoms. The van der Waals surface area contributed by atoms with E-state index in [2.05, 4.69) is 34.3 Å². The second kappa shape index (κ2) is 9.79. The van der Waals surface area contributed by atoms with Crippen molar-refractivity contribution in [3.05, 3.63) is 82.7 Å². The number of ether oxygens (including phenoxy) is 1. The van der Waals surface area contributed by atoms with Gasteiger partial charge in [0.1, 0.15) is 18.1 Å². The van der Waals surface area contributed by atoms with Gasteiger partial charge in [0, 0.05) is 38.3 Å². The molecular weight excluding hydrogens is 390 g/mol. The van der Waals surface area contributed by atoms with Crippen LogP contribution in [0.4, 0.5) is 0 Å². The molecule has 1 saturated heterocycles. The van der Waals surface area contributed by atoms with Crippen molar-refractivity contribution < 1.29 is 14.1 Å². The van der Waals surface area contributed by atoms with E-state index in [1.54, 1.807) is 0 Å². The molecule has 6 heteroatoms. The monoisotopic (exact) mass is 419 g/mol. The van der Waals surface area contributed by atoms with E-state index in [1.807, 2.05) is 49.1 Å². The Morgan fingerprint density at radius 2 is 1.77 bits per heavy atom. The van der Waals surface area contributed by atoms with Crippen LogP contribution < -0.4 is 4.74 Å². The zero-order chi connectivity index (χ0) is 21.6. The fraction of sp³-hybridized carbons (Fsp3) is 0.360. The predicted octanol–water partition coefficient (Wildman–Crippen LogP) is 4.22. The number of aryl methyl sites for hydroxylation is 2. The second-order valence-electron chi connectivity index (χ2n) is 8.02. The summed E-state index contributed by atoms with van der Waals surface area (Å²) in [7, 11) is 0. The van der Waals surface area contributed by atoms with Crippen LogP contribution in [-0.4, -0.2) is 47.0 Å². The SMILES string of the molecule is Cc1noc(C)c1COc1ccc(C(=O)N2CCCN(Cc3ccccc3)CC2)cc1. The first-order chi connectivity index (χ1) is 15.1. The highest BCUT2D eigenvalue weighted by Gasteiger charge is 2.20. The molecule has 31 heavy (non-hydrogen) atoms. The normalized spacial score (nSPS) is 15.0. The number of carbonyl (C=O) groups excluding carboxylic acids is 1. The van der Waals surface area contributed by atoms with Crippen molar-refractivity contribution in [3.8, 4) is 5.75 Å². The maximum atomic E-state index is 13.0. The summed E-state index contributed by atoms with van der Waals surface area (Å²) in [6, 6.07) is 17.9. The Kier molecular flexibility index (Phi) is 6.67. The van der Waals surface area contributed by atoms with Crippen LogP contribution in [0.1, 0.15) is 39.4 Å². The van der Waals surface area contributed by atoms with Crippen molar-refractivity contribution in [1.29, 1.82) is 0 Å². The van der Waals surface area contributed by atoms with Crippen LogP contribution in [0.25, 0.3) is 0 Å². The average molecular weight is 420 g/mol. The first-order valence-corrected chi connectivity index (χ1v) is 10.8. The summed E-state index contributed by atoms with van der Waals surface area (Å²) in [5, 5.41) is 3.95. The van der Waals surface area contributed by atoms with Gasteiger partial charge < -0.3 is 14.2 Å². The zero-order valence-corrected chi connectivity index (χ0v) is 18.2. The van der Waals surface area contributed by atoms with E-state index in [0.717, 1.165) is 61.9 Å². The predicted molar refractivity (Wildman–Crippen MR) is 119 cm³/mol. The first-order valence-electron chi connectivity index (χ1n) is 10.8. The van der Waals surface area contributed by atoms with Crippen LogP contribution in [0, 0.1) is 13.8 Å². The van der Waals surface area contributed by atoms with E-state index < -0.39 is 0 Å². The topological polar surface area (TPSA) is 58.8 Å². The summed E-state index contributed by atoms with van der Waals surface area (Å²) in [5.41, 5.74) is 3.81. The van der Waals surface area contributed by atoms with Crippen molar-refractivity contribution in [2.75, 3.05) is 26.2 Å². The molecule has 1 aromatic heterocycles. The van der Waals surface area contributed by atoms with Crippen LogP contribution >= 0.6 is 0 Å². The van der Waals surface area contributed by atoms with Crippen molar-refractivity contribution in [2.24, 2.45) is 0 Å². The number of nitrogens with zero attached hydrogens (tertiary/aromatic N) is 3. The molecule has 1 fully saturated rings. The standard InChI is InChI=1S/C25H29N3O3/c1-19-24(20(2)31-26-19)18-30-23-11-9-22(10-12-23)25(29)28-14-6-13-27(15-16-28)17-21-7-4-3-5-8-21/h3-5,7-12H,6,13-18H2,1-2H3. The third-order valence-electron chi connectivity index (χ3n) is 5.79. The van der Waals surface area contributed by atoms with Gasteiger partial charge in [-0.25, -0.2) is 0 Å². The molecule has 6 nitrogen and oxygen atoms in total. The summed E-state index contributed by atoms with van der Waals surface area (Å²) < 4.78 is 11.0. The Morgan fingerprint density at radius 1 is 1.00 bits per heavy atom. The molecule has 2 aromatic carbocycles. The molecule has 1 aliphatic rings. The average Bonchev–Trinajstić information content (AvgIpc) is 2.97. The van der Waals surface area contributed by atoms with Gasteiger partial charge in [-0.2, -0.15) is 0 Å². The zero-order valence-electron chi connectivity index (χ0n) is 18.2. The third kappa shape index (κ3) is 5.33. The van der Waals surface area contributed by atoms with Gasteiger partial charge in [0.25, 0.3) is 5.91 Å². The molecular formula is C25H29N3O3. The van der Waals surface area contributed by atoms with Gasteiger partial charge in [-0.15, -0.1) is 0 Å². The van der Waals surface area contributed by atoms with E-state index in [1.165, 1.54) is 5.56 Å². The molecule has 1 amide bonds. The summed E-state index contributed by atoms with van der Waals surface area (Å²) in [4.78, 5) is 17.4. The quantitative estimate of drug-likeness (QED) is 0.599. The van der Waals surface area contributed by atoms with Crippen LogP contribution in [-0.2, 0) is 13.2 Å². The minimum absolute atomic E-state index is 0.0823.